The normalized spacial score (nSPS) is 10.4. The number of halogens is 1. The minimum absolute atomic E-state index is 0.876. The molecule has 0 unspecified atom stereocenters. The molecule has 18 heavy (non-hydrogen) atoms. The smallest absolute Gasteiger partial charge is 0.140 e. The van der Waals surface area contributed by atoms with Crippen molar-refractivity contribution in [1.29, 1.82) is 0 Å². The van der Waals surface area contributed by atoms with E-state index < -0.39 is 0 Å². The lowest BCUT2D eigenvalue weighted by molar-refractivity contribution is 0.470. The zero-order chi connectivity index (χ0) is 13.0. The third kappa shape index (κ3) is 3.09. The summed E-state index contributed by atoms with van der Waals surface area (Å²) in [5.74, 6) is 1.80. The van der Waals surface area contributed by atoms with E-state index in [1.807, 2.05) is 24.3 Å². The maximum atomic E-state index is 5.94. The van der Waals surface area contributed by atoms with Gasteiger partial charge in [-0.15, -0.1) is 11.8 Å². The Kier molecular flexibility index (Phi) is 4.72. The Hall–Kier alpha value is -0.930. The fraction of sp³-hybridized carbons (Fsp3) is 0.200. The Bertz CT molecular complexity index is 540. The topological polar surface area (TPSA) is 9.23 Å². The highest BCUT2D eigenvalue weighted by molar-refractivity contribution is 9.08. The van der Waals surface area contributed by atoms with Gasteiger partial charge in [0.25, 0.3) is 0 Å². The predicted molar refractivity (Wildman–Crippen MR) is 82.1 cm³/mol. The average Bonchev–Trinajstić information content (AvgIpc) is 2.39. The Morgan fingerprint density at radius 3 is 2.61 bits per heavy atom. The van der Waals surface area contributed by atoms with Gasteiger partial charge in [-0.25, -0.2) is 0 Å². The van der Waals surface area contributed by atoms with E-state index in [4.69, 9.17) is 4.74 Å². The molecule has 1 nitrogen and oxygen atoms in total. The molecule has 0 bridgehead atoms. The van der Waals surface area contributed by atoms with Crippen molar-refractivity contribution in [2.45, 2.75) is 17.1 Å². The van der Waals surface area contributed by atoms with Crippen molar-refractivity contribution >= 4 is 27.7 Å². The van der Waals surface area contributed by atoms with Gasteiger partial charge in [-0.3, -0.25) is 0 Å². The van der Waals surface area contributed by atoms with E-state index in [1.165, 1.54) is 11.1 Å². The molecule has 0 atom stereocenters. The molecule has 2 rings (SSSR count). The highest BCUT2D eigenvalue weighted by Crippen LogP contribution is 2.32. The molecule has 0 aliphatic carbocycles. The molecule has 0 fully saturated rings. The Balaban J connectivity index is 2.26. The molecular weight excluding hydrogens is 308 g/mol. The summed E-state index contributed by atoms with van der Waals surface area (Å²) in [5.41, 5.74) is 2.53. The van der Waals surface area contributed by atoms with Crippen molar-refractivity contribution in [3.05, 3.63) is 53.6 Å². The van der Waals surface area contributed by atoms with Crippen LogP contribution in [0.3, 0.4) is 0 Å². The summed E-state index contributed by atoms with van der Waals surface area (Å²) >= 11 is 5.17. The van der Waals surface area contributed by atoms with Crippen LogP contribution in [-0.4, -0.2) is 6.26 Å². The van der Waals surface area contributed by atoms with Crippen molar-refractivity contribution < 1.29 is 4.74 Å². The first-order valence-corrected chi connectivity index (χ1v) is 8.05. The van der Waals surface area contributed by atoms with E-state index in [9.17, 15) is 0 Å². The van der Waals surface area contributed by atoms with Crippen LogP contribution in [0.4, 0.5) is 0 Å². The molecule has 3 heteroatoms. The molecule has 2 aromatic rings. The Labute approximate surface area is 121 Å². The second-order valence-electron chi connectivity index (χ2n) is 3.97. The minimum Gasteiger partial charge on any atom is -0.456 e. The number of ether oxygens (including phenoxy) is 1. The maximum Gasteiger partial charge on any atom is 0.140 e. The molecule has 0 radical (unpaired) electrons. The number of alkyl halides is 1. The lowest BCUT2D eigenvalue weighted by Crippen LogP contribution is -1.89. The van der Waals surface area contributed by atoms with Crippen LogP contribution >= 0.6 is 27.7 Å². The van der Waals surface area contributed by atoms with Gasteiger partial charge in [-0.2, -0.15) is 0 Å². The minimum atomic E-state index is 0.876. The fourth-order valence-corrected chi connectivity index (χ4v) is 2.87. The van der Waals surface area contributed by atoms with Gasteiger partial charge in [0.1, 0.15) is 11.5 Å². The summed E-state index contributed by atoms with van der Waals surface area (Å²) in [5, 5.41) is 0.876. The molecule has 0 aromatic heterocycles. The third-order valence-corrected chi connectivity index (χ3v) is 4.14. The summed E-state index contributed by atoms with van der Waals surface area (Å²) in [7, 11) is 0. The number of hydrogen-bond acceptors (Lipinski definition) is 2. The van der Waals surface area contributed by atoms with E-state index in [0.717, 1.165) is 21.7 Å². The van der Waals surface area contributed by atoms with E-state index in [2.05, 4.69) is 47.3 Å². The van der Waals surface area contributed by atoms with Crippen molar-refractivity contribution in [1.82, 2.24) is 0 Å². The van der Waals surface area contributed by atoms with E-state index in [1.54, 1.807) is 11.8 Å². The second kappa shape index (κ2) is 6.30. The van der Waals surface area contributed by atoms with Crippen LogP contribution in [0.5, 0.6) is 11.5 Å². The lowest BCUT2D eigenvalue weighted by Gasteiger charge is -2.11. The van der Waals surface area contributed by atoms with E-state index in [0.29, 0.717) is 0 Å². The van der Waals surface area contributed by atoms with Crippen LogP contribution in [0.15, 0.2) is 47.4 Å². The third-order valence-electron chi connectivity index (χ3n) is 2.75. The maximum absolute atomic E-state index is 5.94. The van der Waals surface area contributed by atoms with Crippen molar-refractivity contribution in [2.75, 3.05) is 6.26 Å². The van der Waals surface area contributed by atoms with Crippen molar-refractivity contribution in [3.63, 3.8) is 0 Å². The molecule has 0 aliphatic rings. The Morgan fingerprint density at radius 1 is 1.17 bits per heavy atom. The number of para-hydroxylation sites is 1. The average molecular weight is 323 g/mol. The van der Waals surface area contributed by atoms with Crippen LogP contribution < -0.4 is 4.74 Å². The van der Waals surface area contributed by atoms with Gasteiger partial charge < -0.3 is 4.74 Å². The van der Waals surface area contributed by atoms with Gasteiger partial charge in [0.2, 0.25) is 0 Å². The quantitative estimate of drug-likeness (QED) is 0.550. The van der Waals surface area contributed by atoms with Gasteiger partial charge in [-0.1, -0.05) is 34.1 Å². The van der Waals surface area contributed by atoms with Crippen LogP contribution in [0.2, 0.25) is 0 Å². The number of aryl methyl sites for hydroxylation is 1. The summed E-state index contributed by atoms with van der Waals surface area (Å²) in [6, 6.07) is 14.3. The summed E-state index contributed by atoms with van der Waals surface area (Å²) < 4.78 is 5.94. The number of rotatable bonds is 4. The molecule has 0 aliphatic heterocycles. The van der Waals surface area contributed by atoms with Gasteiger partial charge in [0.15, 0.2) is 0 Å². The number of hydrogen-bond donors (Lipinski definition) is 0. The van der Waals surface area contributed by atoms with Gasteiger partial charge in [0.05, 0.1) is 0 Å². The van der Waals surface area contributed by atoms with Crippen molar-refractivity contribution in [3.8, 4) is 11.5 Å². The van der Waals surface area contributed by atoms with Gasteiger partial charge >= 0.3 is 0 Å². The zero-order valence-electron chi connectivity index (χ0n) is 10.4. The molecule has 94 valence electrons. The molecule has 2 aromatic carbocycles. The van der Waals surface area contributed by atoms with Crippen molar-refractivity contribution in [2.24, 2.45) is 0 Å². The molecule has 0 N–H and O–H groups in total. The molecule has 0 saturated heterocycles. The predicted octanol–water partition coefficient (Wildman–Crippen LogP) is 5.40. The van der Waals surface area contributed by atoms with Crippen LogP contribution in [0, 0.1) is 6.92 Å². The summed E-state index contributed by atoms with van der Waals surface area (Å²) in [6.07, 6.45) is 2.06. The standard InChI is InChI=1S/C15H15BrOS/c1-11-9-13(8-7-12(11)10-16)17-14-5-3-4-6-15(14)18-2/h3-9H,10H2,1-2H3. The molecular formula is C15H15BrOS. The first-order chi connectivity index (χ1) is 8.74. The second-order valence-corrected chi connectivity index (χ2v) is 5.38. The fourth-order valence-electron chi connectivity index (χ4n) is 1.71. The number of thioether (sulfide) groups is 1. The molecule has 0 saturated carbocycles. The summed E-state index contributed by atoms with van der Waals surface area (Å²) in [6.45, 7) is 2.10. The van der Waals surface area contributed by atoms with Crippen LogP contribution in [0.1, 0.15) is 11.1 Å². The van der Waals surface area contributed by atoms with Crippen LogP contribution in [0.25, 0.3) is 0 Å². The first kappa shape index (κ1) is 13.5. The van der Waals surface area contributed by atoms with Gasteiger partial charge in [0, 0.05) is 10.2 Å². The molecule has 0 spiro atoms. The Morgan fingerprint density at radius 2 is 1.94 bits per heavy atom. The van der Waals surface area contributed by atoms with E-state index in [-0.39, 0.29) is 0 Å². The lowest BCUT2D eigenvalue weighted by atomic mass is 10.1. The van der Waals surface area contributed by atoms with Crippen LogP contribution in [-0.2, 0) is 5.33 Å². The zero-order valence-corrected chi connectivity index (χ0v) is 12.8. The monoisotopic (exact) mass is 322 g/mol. The first-order valence-electron chi connectivity index (χ1n) is 5.71. The van der Waals surface area contributed by atoms with Gasteiger partial charge in [-0.05, 0) is 48.6 Å². The highest BCUT2D eigenvalue weighted by atomic mass is 79.9. The molecule has 0 amide bonds. The summed E-state index contributed by atoms with van der Waals surface area (Å²) in [4.78, 5) is 1.15. The van der Waals surface area contributed by atoms with E-state index >= 15 is 0 Å². The molecule has 0 heterocycles. The number of benzene rings is 2. The SMILES string of the molecule is CSc1ccccc1Oc1ccc(CBr)c(C)c1. The largest absolute Gasteiger partial charge is 0.456 e. The highest BCUT2D eigenvalue weighted by Gasteiger charge is 2.04.